The Morgan fingerprint density at radius 1 is 0.841 bits per heavy atom. The highest BCUT2D eigenvalue weighted by Crippen LogP contribution is 2.43. The minimum atomic E-state index is -0.348. The molecule has 0 bridgehead atoms. The Morgan fingerprint density at radius 3 is 2.50 bits per heavy atom. The van der Waals surface area contributed by atoms with Crippen LogP contribution in [0.25, 0.3) is 21.8 Å². The second kappa shape index (κ2) is 11.9. The zero-order chi connectivity index (χ0) is 30.2. The van der Waals surface area contributed by atoms with E-state index in [1.165, 1.54) is 22.7 Å². The number of aromatic nitrogens is 1. The van der Waals surface area contributed by atoms with Gasteiger partial charge in [-0.3, -0.25) is 9.69 Å². The summed E-state index contributed by atoms with van der Waals surface area (Å²) >= 11 is 3.25. The van der Waals surface area contributed by atoms with Gasteiger partial charge in [-0.2, -0.15) is 0 Å². The summed E-state index contributed by atoms with van der Waals surface area (Å²) in [5.74, 6) is -0.0753. The number of hydrogen-bond donors (Lipinski definition) is 2. The first kappa shape index (κ1) is 28.4. The average molecular weight is 617 g/mol. The number of para-hydroxylation sites is 2. The van der Waals surface area contributed by atoms with Crippen LogP contribution in [0.3, 0.4) is 0 Å². The predicted molar refractivity (Wildman–Crippen MR) is 185 cm³/mol. The number of nitrogens with one attached hydrogen (secondary N) is 2. The van der Waals surface area contributed by atoms with Crippen LogP contribution < -0.4 is 15.5 Å². The van der Waals surface area contributed by atoms with Gasteiger partial charge in [0, 0.05) is 49.5 Å². The SMILES string of the molecule is CCn1c2ccccc2c2cc(NC(=O)C(C)Sc3cccc(NC(=O)N4c5ccccc5SC5C=CC=CC54)c3)ccc21. The third-order valence-corrected chi connectivity index (χ3v) is 10.5. The number of carbonyl (C=O) groups is 2. The highest BCUT2D eigenvalue weighted by atomic mass is 32.2. The van der Waals surface area contributed by atoms with Crippen LogP contribution in [0, 0.1) is 0 Å². The van der Waals surface area contributed by atoms with E-state index in [9.17, 15) is 9.59 Å². The van der Waals surface area contributed by atoms with Gasteiger partial charge in [0.15, 0.2) is 0 Å². The van der Waals surface area contributed by atoms with Gasteiger partial charge in [-0.15, -0.1) is 23.5 Å². The molecule has 1 aromatic heterocycles. The van der Waals surface area contributed by atoms with Gasteiger partial charge in [0.25, 0.3) is 0 Å². The van der Waals surface area contributed by atoms with Crippen LogP contribution in [0.15, 0.2) is 125 Å². The van der Waals surface area contributed by atoms with Crippen molar-refractivity contribution in [3.8, 4) is 0 Å². The molecule has 2 N–H and O–H groups in total. The number of nitrogens with zero attached hydrogens (tertiary/aromatic N) is 2. The molecule has 220 valence electrons. The van der Waals surface area contributed by atoms with Crippen molar-refractivity contribution in [1.29, 1.82) is 0 Å². The van der Waals surface area contributed by atoms with Crippen LogP contribution >= 0.6 is 23.5 Å². The van der Waals surface area contributed by atoms with Gasteiger partial charge in [0.1, 0.15) is 0 Å². The number of amides is 3. The maximum atomic E-state index is 13.7. The van der Waals surface area contributed by atoms with E-state index >= 15 is 0 Å². The molecule has 8 heteroatoms. The van der Waals surface area contributed by atoms with Gasteiger partial charge in [-0.25, -0.2) is 4.79 Å². The minimum Gasteiger partial charge on any atom is -0.341 e. The van der Waals surface area contributed by atoms with Crippen molar-refractivity contribution in [2.75, 3.05) is 15.5 Å². The summed E-state index contributed by atoms with van der Waals surface area (Å²) < 4.78 is 2.30. The maximum absolute atomic E-state index is 13.7. The van der Waals surface area contributed by atoms with E-state index in [-0.39, 0.29) is 28.5 Å². The molecule has 3 atom stereocenters. The first-order valence-electron chi connectivity index (χ1n) is 14.8. The number of aryl methyl sites for hydroxylation is 1. The predicted octanol–water partition coefficient (Wildman–Crippen LogP) is 8.94. The van der Waals surface area contributed by atoms with E-state index in [4.69, 9.17) is 0 Å². The third kappa shape index (κ3) is 5.29. The lowest BCUT2D eigenvalue weighted by Gasteiger charge is -2.40. The van der Waals surface area contributed by atoms with Crippen molar-refractivity contribution in [1.82, 2.24) is 4.57 Å². The van der Waals surface area contributed by atoms with Crippen LogP contribution in [0.1, 0.15) is 13.8 Å². The molecule has 0 spiro atoms. The van der Waals surface area contributed by atoms with Crippen LogP contribution in [0.5, 0.6) is 0 Å². The molecule has 0 fully saturated rings. The molecule has 7 rings (SSSR count). The van der Waals surface area contributed by atoms with Crippen molar-refractivity contribution >= 4 is 74.3 Å². The summed E-state index contributed by atoms with van der Waals surface area (Å²) in [7, 11) is 0. The summed E-state index contributed by atoms with van der Waals surface area (Å²) in [4.78, 5) is 30.8. The number of anilines is 3. The van der Waals surface area contributed by atoms with Crippen molar-refractivity contribution in [3.05, 3.63) is 115 Å². The van der Waals surface area contributed by atoms with E-state index in [0.717, 1.165) is 38.6 Å². The fourth-order valence-corrected chi connectivity index (χ4v) is 8.21. The number of thioether (sulfide) groups is 2. The molecule has 2 heterocycles. The summed E-state index contributed by atoms with van der Waals surface area (Å²) in [6.45, 7) is 4.93. The summed E-state index contributed by atoms with van der Waals surface area (Å²) in [6, 6.07) is 30.0. The van der Waals surface area contributed by atoms with Crippen LogP contribution in [0.4, 0.5) is 21.9 Å². The molecule has 3 amide bonds. The molecule has 0 saturated carbocycles. The van der Waals surface area contributed by atoms with E-state index in [2.05, 4.69) is 70.7 Å². The molecular formula is C36H32N4O2S2. The number of fused-ring (bicyclic) bond motifs is 5. The van der Waals surface area contributed by atoms with Crippen LogP contribution in [-0.2, 0) is 11.3 Å². The largest absolute Gasteiger partial charge is 0.341 e. The standard InChI is InChI=1S/C36H32N4O2S2/c1-3-39-29-14-5-4-13-27(29)28-22-25(19-20-30(28)39)37-35(41)23(2)43-26-12-10-11-24(21-26)38-36(42)40-31-15-6-8-17-33(31)44-34-18-9-7-16-32(34)40/h4-23,31,33H,3H2,1-2H3,(H,37,41)(H,38,42). The van der Waals surface area contributed by atoms with Gasteiger partial charge in [-0.1, -0.05) is 60.7 Å². The highest BCUT2D eigenvalue weighted by Gasteiger charge is 2.36. The Kier molecular flexibility index (Phi) is 7.70. The molecule has 2 aliphatic rings. The number of rotatable bonds is 6. The molecule has 0 radical (unpaired) electrons. The van der Waals surface area contributed by atoms with E-state index in [0.29, 0.717) is 5.69 Å². The fraction of sp³-hybridized carbons (Fsp3) is 0.167. The number of hydrogen-bond acceptors (Lipinski definition) is 4. The fourth-order valence-electron chi connectivity index (χ4n) is 6.03. The second-order valence-electron chi connectivity index (χ2n) is 10.9. The Bertz CT molecular complexity index is 1960. The van der Waals surface area contributed by atoms with Crippen LogP contribution in [-0.4, -0.2) is 33.0 Å². The molecule has 4 aromatic carbocycles. The maximum Gasteiger partial charge on any atom is 0.326 e. The van der Waals surface area contributed by atoms with Crippen molar-refractivity contribution in [2.24, 2.45) is 0 Å². The lowest BCUT2D eigenvalue weighted by atomic mass is 10.1. The second-order valence-corrected chi connectivity index (χ2v) is 13.5. The van der Waals surface area contributed by atoms with Gasteiger partial charge in [-0.05, 0) is 68.4 Å². The van der Waals surface area contributed by atoms with Crippen molar-refractivity contribution < 1.29 is 9.59 Å². The van der Waals surface area contributed by atoms with Crippen molar-refractivity contribution in [3.63, 3.8) is 0 Å². The Labute approximate surface area is 265 Å². The smallest absolute Gasteiger partial charge is 0.326 e. The zero-order valence-electron chi connectivity index (χ0n) is 24.4. The molecule has 6 nitrogen and oxygen atoms in total. The number of allylic oxidation sites excluding steroid dienone is 2. The van der Waals surface area contributed by atoms with Crippen LogP contribution in [0.2, 0.25) is 0 Å². The minimum absolute atomic E-state index is 0.0704. The average Bonchev–Trinajstić information content (AvgIpc) is 3.36. The molecular weight excluding hydrogens is 585 g/mol. The lowest BCUT2D eigenvalue weighted by molar-refractivity contribution is -0.115. The first-order valence-corrected chi connectivity index (χ1v) is 16.6. The molecule has 1 aliphatic heterocycles. The Hall–Kier alpha value is -4.40. The summed E-state index contributed by atoms with van der Waals surface area (Å²) in [5, 5.41) is 8.35. The summed E-state index contributed by atoms with van der Waals surface area (Å²) in [6.07, 6.45) is 8.27. The highest BCUT2D eigenvalue weighted by molar-refractivity contribution is 8.00. The number of carbonyl (C=O) groups excluding carboxylic acids is 2. The monoisotopic (exact) mass is 616 g/mol. The first-order chi connectivity index (χ1) is 21.5. The van der Waals surface area contributed by atoms with Gasteiger partial charge >= 0.3 is 6.03 Å². The Morgan fingerprint density at radius 2 is 1.61 bits per heavy atom. The number of urea groups is 1. The van der Waals surface area contributed by atoms with E-state index in [1.54, 1.807) is 11.8 Å². The third-order valence-electron chi connectivity index (χ3n) is 8.09. The van der Waals surface area contributed by atoms with Gasteiger partial charge in [0.2, 0.25) is 5.91 Å². The molecule has 1 aliphatic carbocycles. The van der Waals surface area contributed by atoms with E-state index < -0.39 is 0 Å². The molecule has 3 unspecified atom stereocenters. The molecule has 44 heavy (non-hydrogen) atoms. The van der Waals surface area contributed by atoms with Gasteiger partial charge < -0.3 is 15.2 Å². The lowest BCUT2D eigenvalue weighted by Crippen LogP contribution is -2.49. The molecule has 5 aromatic rings. The topological polar surface area (TPSA) is 66.4 Å². The van der Waals surface area contributed by atoms with Gasteiger partial charge in [0.05, 0.1) is 22.2 Å². The van der Waals surface area contributed by atoms with Crippen molar-refractivity contribution in [2.45, 2.75) is 46.7 Å². The zero-order valence-corrected chi connectivity index (χ0v) is 26.1. The number of benzene rings is 4. The molecule has 0 saturated heterocycles. The normalized spacial score (nSPS) is 17.7. The van der Waals surface area contributed by atoms with E-state index in [1.807, 2.05) is 78.6 Å². The Balaban J connectivity index is 1.05. The summed E-state index contributed by atoms with van der Waals surface area (Å²) in [5.41, 5.74) is 4.73. The quantitative estimate of drug-likeness (QED) is 0.187.